The smallest absolute Gasteiger partial charge is 0.410 e. The molecule has 0 aromatic heterocycles. The van der Waals surface area contributed by atoms with Crippen LogP contribution in [0.5, 0.6) is 0 Å². The molecule has 0 spiro atoms. The number of hydrogen-bond donors (Lipinski definition) is 1. The van der Waals surface area contributed by atoms with Crippen molar-refractivity contribution in [3.63, 3.8) is 0 Å². The maximum absolute atomic E-state index is 11.7. The zero-order chi connectivity index (χ0) is 20.4. The lowest BCUT2D eigenvalue weighted by Crippen LogP contribution is -2.36. The van der Waals surface area contributed by atoms with Gasteiger partial charge in [0.15, 0.2) is 0 Å². The number of likely N-dealkylation sites (tertiary alicyclic amines) is 1. The maximum atomic E-state index is 11.7. The number of amides is 1. The number of esters is 2. The van der Waals surface area contributed by atoms with Gasteiger partial charge in [0.1, 0.15) is 5.60 Å². The first-order valence-corrected chi connectivity index (χ1v) is 9.69. The van der Waals surface area contributed by atoms with E-state index in [4.69, 9.17) is 14.2 Å². The van der Waals surface area contributed by atoms with Gasteiger partial charge in [-0.2, -0.15) is 0 Å². The minimum atomic E-state index is -0.501. The van der Waals surface area contributed by atoms with Crippen LogP contribution in [0.1, 0.15) is 47.5 Å². The fourth-order valence-electron chi connectivity index (χ4n) is 2.82. The van der Waals surface area contributed by atoms with Crippen molar-refractivity contribution in [2.45, 2.75) is 53.1 Å². The highest BCUT2D eigenvalue weighted by Crippen LogP contribution is 2.20. The predicted octanol–water partition coefficient (Wildman–Crippen LogP) is 1.97. The van der Waals surface area contributed by atoms with Gasteiger partial charge in [0.05, 0.1) is 25.0 Å². The summed E-state index contributed by atoms with van der Waals surface area (Å²) < 4.78 is 15.0. The predicted molar refractivity (Wildman–Crippen MR) is 100 cm³/mol. The molecule has 27 heavy (non-hydrogen) atoms. The van der Waals surface area contributed by atoms with Gasteiger partial charge in [-0.3, -0.25) is 9.59 Å². The van der Waals surface area contributed by atoms with E-state index in [1.54, 1.807) is 11.8 Å². The fourth-order valence-corrected chi connectivity index (χ4v) is 2.82. The molecule has 2 saturated heterocycles. The highest BCUT2D eigenvalue weighted by molar-refractivity contribution is 5.75. The summed E-state index contributed by atoms with van der Waals surface area (Å²) in [6.07, 6.45) is 1.22. The van der Waals surface area contributed by atoms with Crippen LogP contribution in [0, 0.1) is 11.8 Å². The molecule has 2 atom stereocenters. The summed E-state index contributed by atoms with van der Waals surface area (Å²) in [7, 11) is 0. The monoisotopic (exact) mass is 386 g/mol. The number of rotatable bonds is 4. The molecular weight excluding hydrogens is 352 g/mol. The summed E-state index contributed by atoms with van der Waals surface area (Å²) in [4.78, 5) is 35.8. The molecule has 8 nitrogen and oxygen atoms in total. The van der Waals surface area contributed by atoms with Gasteiger partial charge >= 0.3 is 18.0 Å². The third-order valence-corrected chi connectivity index (χ3v) is 4.14. The molecule has 8 heteroatoms. The third kappa shape index (κ3) is 8.60. The minimum Gasteiger partial charge on any atom is -0.466 e. The van der Waals surface area contributed by atoms with Crippen molar-refractivity contribution in [1.82, 2.24) is 10.2 Å². The van der Waals surface area contributed by atoms with Gasteiger partial charge in [-0.25, -0.2) is 4.79 Å². The van der Waals surface area contributed by atoms with Crippen LogP contribution in [0.15, 0.2) is 0 Å². The van der Waals surface area contributed by atoms with Crippen LogP contribution in [0.4, 0.5) is 4.79 Å². The molecule has 0 radical (unpaired) electrons. The Balaban J connectivity index is 0.000000309. The Labute approximate surface area is 161 Å². The van der Waals surface area contributed by atoms with Crippen LogP contribution < -0.4 is 5.32 Å². The average Bonchev–Trinajstić information content (AvgIpc) is 3.26. The molecular formula is C19H34N2O6. The molecule has 0 bridgehead atoms. The molecule has 156 valence electrons. The normalized spacial score (nSPS) is 21.9. The Morgan fingerprint density at radius 2 is 1.59 bits per heavy atom. The lowest BCUT2D eigenvalue weighted by atomic mass is 10.1. The van der Waals surface area contributed by atoms with E-state index in [0.717, 1.165) is 19.5 Å². The molecule has 2 unspecified atom stereocenters. The molecule has 2 rings (SSSR count). The quantitative estimate of drug-likeness (QED) is 0.583. The van der Waals surface area contributed by atoms with Gasteiger partial charge in [0.2, 0.25) is 0 Å². The number of nitrogens with zero attached hydrogens (tertiary/aromatic N) is 1. The number of nitrogens with one attached hydrogen (secondary N) is 1. The van der Waals surface area contributed by atoms with Crippen molar-refractivity contribution in [3.05, 3.63) is 0 Å². The number of carbonyl (C=O) groups excluding carboxylic acids is 3. The molecule has 1 N–H and O–H groups in total. The second-order valence-electron chi connectivity index (χ2n) is 7.61. The Bertz CT molecular complexity index is 497. The lowest BCUT2D eigenvalue weighted by Gasteiger charge is -2.24. The zero-order valence-electron chi connectivity index (χ0n) is 17.2. The summed E-state index contributed by atoms with van der Waals surface area (Å²) in [6, 6.07) is 0. The van der Waals surface area contributed by atoms with Crippen molar-refractivity contribution in [1.29, 1.82) is 0 Å². The number of carbonyl (C=O) groups is 3. The van der Waals surface area contributed by atoms with Gasteiger partial charge in [-0.15, -0.1) is 0 Å². The topological polar surface area (TPSA) is 94.2 Å². The van der Waals surface area contributed by atoms with Crippen LogP contribution in [-0.2, 0) is 23.8 Å². The number of ether oxygens (including phenoxy) is 3. The van der Waals surface area contributed by atoms with E-state index < -0.39 is 5.60 Å². The van der Waals surface area contributed by atoms with Gasteiger partial charge in [-0.05, 0) is 54.0 Å². The van der Waals surface area contributed by atoms with E-state index in [1.165, 1.54) is 0 Å². The van der Waals surface area contributed by atoms with Crippen molar-refractivity contribution in [3.8, 4) is 0 Å². The zero-order valence-corrected chi connectivity index (χ0v) is 17.2. The fraction of sp³-hybridized carbons (Fsp3) is 0.842. The molecule has 0 aromatic rings. The second kappa shape index (κ2) is 11.1. The van der Waals surface area contributed by atoms with Crippen molar-refractivity contribution in [2.75, 3.05) is 39.4 Å². The first-order valence-electron chi connectivity index (χ1n) is 9.69. The first kappa shape index (κ1) is 23.2. The van der Waals surface area contributed by atoms with Gasteiger partial charge in [-0.1, -0.05) is 0 Å². The molecule has 2 fully saturated rings. The largest absolute Gasteiger partial charge is 0.466 e. The van der Waals surface area contributed by atoms with Crippen molar-refractivity contribution in [2.24, 2.45) is 11.8 Å². The summed E-state index contributed by atoms with van der Waals surface area (Å²) in [5.41, 5.74) is -0.501. The Hall–Kier alpha value is -1.83. The van der Waals surface area contributed by atoms with E-state index in [0.29, 0.717) is 32.7 Å². The van der Waals surface area contributed by atoms with Gasteiger partial charge < -0.3 is 24.4 Å². The molecule has 2 aliphatic heterocycles. The minimum absolute atomic E-state index is 0.0486. The van der Waals surface area contributed by atoms with E-state index in [-0.39, 0.29) is 29.9 Å². The van der Waals surface area contributed by atoms with Crippen LogP contribution in [-0.4, -0.2) is 67.9 Å². The summed E-state index contributed by atoms with van der Waals surface area (Å²) in [5, 5.41) is 3.11. The molecule has 2 heterocycles. The highest BCUT2D eigenvalue weighted by atomic mass is 16.6. The van der Waals surface area contributed by atoms with E-state index >= 15 is 0 Å². The molecule has 0 aliphatic carbocycles. The summed E-state index contributed by atoms with van der Waals surface area (Å²) >= 11 is 0. The van der Waals surface area contributed by atoms with Gasteiger partial charge in [0, 0.05) is 19.6 Å². The molecule has 1 amide bonds. The first-order chi connectivity index (χ1) is 12.7. The van der Waals surface area contributed by atoms with E-state index in [9.17, 15) is 14.4 Å². The van der Waals surface area contributed by atoms with Crippen LogP contribution >= 0.6 is 0 Å². The molecule has 2 aliphatic rings. The Morgan fingerprint density at radius 1 is 1.00 bits per heavy atom. The van der Waals surface area contributed by atoms with E-state index in [1.807, 2.05) is 27.7 Å². The van der Waals surface area contributed by atoms with Crippen molar-refractivity contribution >= 4 is 18.0 Å². The van der Waals surface area contributed by atoms with Crippen LogP contribution in [0.25, 0.3) is 0 Å². The molecule has 0 aromatic carbocycles. The van der Waals surface area contributed by atoms with Crippen molar-refractivity contribution < 1.29 is 28.6 Å². The third-order valence-electron chi connectivity index (χ3n) is 4.14. The average molecular weight is 386 g/mol. The van der Waals surface area contributed by atoms with Crippen LogP contribution in [0.3, 0.4) is 0 Å². The van der Waals surface area contributed by atoms with Crippen LogP contribution in [0.2, 0.25) is 0 Å². The summed E-state index contributed by atoms with van der Waals surface area (Å²) in [6.45, 7) is 12.6. The second-order valence-corrected chi connectivity index (χ2v) is 7.61. The Kier molecular flexibility index (Phi) is 9.55. The van der Waals surface area contributed by atoms with Gasteiger partial charge in [0.25, 0.3) is 0 Å². The van der Waals surface area contributed by atoms with E-state index in [2.05, 4.69) is 5.32 Å². The SMILES string of the molecule is CCOC(=O)C1CCN(C(=O)OC(C)(C)C)C1.CCOC(=O)C1CCNC1. The number of hydrogen-bond acceptors (Lipinski definition) is 7. The maximum Gasteiger partial charge on any atom is 0.410 e. The Morgan fingerprint density at radius 3 is 2.07 bits per heavy atom. The lowest BCUT2D eigenvalue weighted by molar-refractivity contribution is -0.148. The highest BCUT2D eigenvalue weighted by Gasteiger charge is 2.34. The molecule has 0 saturated carbocycles. The standard InChI is InChI=1S/C12H21NO4.C7H13NO2/c1-5-16-10(14)9-6-7-13(8-9)11(15)17-12(2,3)4;1-2-10-7(9)6-3-4-8-5-6/h9H,5-8H2,1-4H3;6,8H,2-5H2,1H3. The summed E-state index contributed by atoms with van der Waals surface area (Å²) in [5.74, 6) is -0.367.